The molecule has 6 heteroatoms. The molecule has 4 aromatic rings. The Hall–Kier alpha value is -3.85. The van der Waals surface area contributed by atoms with E-state index in [9.17, 15) is 4.79 Å². The summed E-state index contributed by atoms with van der Waals surface area (Å²) in [6.45, 7) is 7.58. The summed E-state index contributed by atoms with van der Waals surface area (Å²) in [5, 5.41) is 2.77. The molecule has 4 rings (SSSR count). The van der Waals surface area contributed by atoms with Crippen molar-refractivity contribution in [1.29, 1.82) is 0 Å². The number of H-pyrrole nitrogens is 1. The molecule has 0 aliphatic heterocycles. The van der Waals surface area contributed by atoms with Crippen molar-refractivity contribution in [2.75, 3.05) is 0 Å². The molecule has 2 heterocycles. The molecule has 0 saturated carbocycles. The first-order valence-corrected chi connectivity index (χ1v) is 8.00. The normalized spacial score (nSPS) is 10.6. The monoisotopic (exact) mass is 342 g/mol. The molecule has 0 saturated heterocycles. The number of ether oxygens (including phenoxy) is 1. The Morgan fingerprint density at radius 3 is 2.62 bits per heavy atom. The summed E-state index contributed by atoms with van der Waals surface area (Å²) < 4.78 is 7.04. The van der Waals surface area contributed by atoms with E-state index in [1.54, 1.807) is 0 Å². The molecule has 2 aromatic carbocycles. The van der Waals surface area contributed by atoms with Crippen LogP contribution in [0.5, 0.6) is 5.75 Å². The van der Waals surface area contributed by atoms with E-state index in [1.165, 1.54) is 16.9 Å². The van der Waals surface area contributed by atoms with Gasteiger partial charge in [0, 0.05) is 12.4 Å². The minimum atomic E-state index is -0.247. The summed E-state index contributed by atoms with van der Waals surface area (Å²) in [6.07, 6.45) is 2.97. The van der Waals surface area contributed by atoms with Crippen LogP contribution in [0.4, 0.5) is 5.69 Å². The number of nitrogens with one attached hydrogen (secondary N) is 1. The van der Waals surface area contributed by atoms with Crippen LogP contribution in [0.2, 0.25) is 0 Å². The Morgan fingerprint density at radius 1 is 1.12 bits per heavy atom. The van der Waals surface area contributed by atoms with Gasteiger partial charge in [-0.15, -0.1) is 0 Å². The fourth-order valence-electron chi connectivity index (χ4n) is 2.70. The molecular formula is C20H14N4O2. The maximum Gasteiger partial charge on any atom is 0.279 e. The first-order valence-electron chi connectivity index (χ1n) is 8.00. The second-order valence-electron chi connectivity index (χ2n) is 5.71. The zero-order chi connectivity index (χ0) is 17.9. The third kappa shape index (κ3) is 2.82. The van der Waals surface area contributed by atoms with E-state index in [1.807, 2.05) is 54.6 Å². The average molecular weight is 342 g/mol. The van der Waals surface area contributed by atoms with Gasteiger partial charge >= 0.3 is 0 Å². The average Bonchev–Trinajstić information content (AvgIpc) is 3.12. The third-order valence-electron chi connectivity index (χ3n) is 4.05. The fourth-order valence-corrected chi connectivity index (χ4v) is 2.70. The molecule has 0 spiro atoms. The van der Waals surface area contributed by atoms with Crippen LogP contribution in [-0.4, -0.2) is 14.6 Å². The minimum absolute atomic E-state index is 0.247. The van der Waals surface area contributed by atoms with Crippen molar-refractivity contribution >= 4 is 11.3 Å². The Balaban J connectivity index is 1.59. The van der Waals surface area contributed by atoms with Gasteiger partial charge in [-0.1, -0.05) is 42.5 Å². The molecule has 0 unspecified atom stereocenters. The van der Waals surface area contributed by atoms with Crippen molar-refractivity contribution in [2.24, 2.45) is 0 Å². The molecule has 0 aliphatic carbocycles. The molecule has 1 N–H and O–H groups in total. The summed E-state index contributed by atoms with van der Waals surface area (Å²) >= 11 is 0. The second kappa shape index (κ2) is 6.57. The Labute approximate surface area is 149 Å². The number of nitrogens with zero attached hydrogens (tertiary/aromatic N) is 3. The first kappa shape index (κ1) is 15.7. The van der Waals surface area contributed by atoms with Gasteiger partial charge in [0.1, 0.15) is 12.4 Å². The Kier molecular flexibility index (Phi) is 3.96. The lowest BCUT2D eigenvalue weighted by Gasteiger charge is -2.07. The van der Waals surface area contributed by atoms with Gasteiger partial charge in [0.25, 0.3) is 5.56 Å². The fraction of sp³-hybridized carbons (Fsp3) is 0.0500. The van der Waals surface area contributed by atoms with Crippen molar-refractivity contribution in [2.45, 2.75) is 6.61 Å². The van der Waals surface area contributed by atoms with Gasteiger partial charge in [0.15, 0.2) is 5.65 Å². The maximum atomic E-state index is 12.6. The molecule has 6 nitrogen and oxygen atoms in total. The predicted molar refractivity (Wildman–Crippen MR) is 98.3 cm³/mol. The number of hydrogen-bond acceptors (Lipinski definition) is 3. The van der Waals surface area contributed by atoms with E-state index in [-0.39, 0.29) is 5.56 Å². The highest BCUT2D eigenvalue weighted by Crippen LogP contribution is 2.22. The maximum absolute atomic E-state index is 12.6. The summed E-state index contributed by atoms with van der Waals surface area (Å²) in [7, 11) is 0. The van der Waals surface area contributed by atoms with Crippen LogP contribution >= 0.6 is 0 Å². The third-order valence-corrected chi connectivity index (χ3v) is 4.05. The van der Waals surface area contributed by atoms with Gasteiger partial charge in [0.2, 0.25) is 5.69 Å². The number of aromatic nitrogens is 3. The zero-order valence-corrected chi connectivity index (χ0v) is 13.7. The molecule has 0 aliphatic rings. The van der Waals surface area contributed by atoms with Crippen molar-refractivity contribution in [3.05, 3.63) is 94.3 Å². The van der Waals surface area contributed by atoms with Crippen LogP contribution in [0, 0.1) is 6.57 Å². The van der Waals surface area contributed by atoms with Crippen LogP contribution in [0.3, 0.4) is 0 Å². The summed E-state index contributed by atoms with van der Waals surface area (Å²) in [5.41, 5.74) is 2.68. The SMILES string of the molecule is [C-]#[N+]c1c[nH]n2c(=O)c(-c3ccc(OCc4ccccc4)cc3)cnc12. The van der Waals surface area contributed by atoms with Gasteiger partial charge in [-0.05, 0) is 23.3 Å². The van der Waals surface area contributed by atoms with Crippen molar-refractivity contribution < 1.29 is 4.74 Å². The van der Waals surface area contributed by atoms with Crippen LogP contribution in [0.15, 0.2) is 71.8 Å². The van der Waals surface area contributed by atoms with E-state index in [2.05, 4.69) is 14.9 Å². The topological polar surface area (TPSA) is 63.8 Å². The van der Waals surface area contributed by atoms with E-state index < -0.39 is 0 Å². The summed E-state index contributed by atoms with van der Waals surface area (Å²) in [6, 6.07) is 17.2. The van der Waals surface area contributed by atoms with Gasteiger partial charge < -0.3 is 9.84 Å². The van der Waals surface area contributed by atoms with Crippen molar-refractivity contribution in [1.82, 2.24) is 14.6 Å². The quantitative estimate of drug-likeness (QED) is 0.574. The van der Waals surface area contributed by atoms with Gasteiger partial charge in [0.05, 0.1) is 12.1 Å². The molecule has 0 fully saturated rings. The second-order valence-corrected chi connectivity index (χ2v) is 5.71. The Morgan fingerprint density at radius 2 is 1.88 bits per heavy atom. The van der Waals surface area contributed by atoms with E-state index in [0.29, 0.717) is 23.5 Å². The van der Waals surface area contributed by atoms with Crippen LogP contribution in [0.25, 0.3) is 21.6 Å². The molecule has 0 radical (unpaired) electrons. The minimum Gasteiger partial charge on any atom is -0.489 e. The highest BCUT2D eigenvalue weighted by Gasteiger charge is 2.11. The number of hydrogen-bond donors (Lipinski definition) is 1. The number of fused-ring (bicyclic) bond motifs is 1. The lowest BCUT2D eigenvalue weighted by molar-refractivity contribution is 0.306. The molecule has 0 atom stereocenters. The largest absolute Gasteiger partial charge is 0.489 e. The van der Waals surface area contributed by atoms with E-state index >= 15 is 0 Å². The van der Waals surface area contributed by atoms with Crippen LogP contribution < -0.4 is 10.3 Å². The van der Waals surface area contributed by atoms with E-state index in [4.69, 9.17) is 11.3 Å². The van der Waals surface area contributed by atoms with E-state index in [0.717, 1.165) is 16.9 Å². The van der Waals surface area contributed by atoms with Crippen molar-refractivity contribution in [3.63, 3.8) is 0 Å². The molecule has 26 heavy (non-hydrogen) atoms. The molecule has 126 valence electrons. The number of aromatic amines is 1. The zero-order valence-electron chi connectivity index (χ0n) is 13.7. The molecule has 0 amide bonds. The lowest BCUT2D eigenvalue weighted by Crippen LogP contribution is -2.16. The van der Waals surface area contributed by atoms with Crippen molar-refractivity contribution in [3.8, 4) is 16.9 Å². The summed E-state index contributed by atoms with van der Waals surface area (Å²) in [5.74, 6) is 0.724. The Bertz CT molecular complexity index is 1150. The molecular weight excluding hydrogens is 328 g/mol. The highest BCUT2D eigenvalue weighted by molar-refractivity contribution is 5.70. The summed E-state index contributed by atoms with van der Waals surface area (Å²) in [4.78, 5) is 20.2. The number of rotatable bonds is 4. The molecule has 0 bridgehead atoms. The first-order chi connectivity index (χ1) is 12.8. The number of benzene rings is 2. The van der Waals surface area contributed by atoms with Gasteiger partial charge in [-0.25, -0.2) is 14.3 Å². The smallest absolute Gasteiger partial charge is 0.279 e. The van der Waals surface area contributed by atoms with Gasteiger partial charge in [-0.2, -0.15) is 0 Å². The lowest BCUT2D eigenvalue weighted by atomic mass is 10.1. The highest BCUT2D eigenvalue weighted by atomic mass is 16.5. The van der Waals surface area contributed by atoms with Gasteiger partial charge in [-0.3, -0.25) is 4.79 Å². The van der Waals surface area contributed by atoms with Crippen LogP contribution in [0.1, 0.15) is 5.56 Å². The molecule has 2 aromatic heterocycles. The standard InChI is InChI=1S/C20H14N4O2/c1-21-18-12-23-24-19(18)22-11-17(20(24)25)15-7-9-16(10-8-15)26-13-14-5-3-2-4-6-14/h2-12,23H,13H2. The van der Waals surface area contributed by atoms with Crippen LogP contribution in [-0.2, 0) is 6.61 Å². The predicted octanol–water partition coefficient (Wildman–Crippen LogP) is 3.82.